The molecule has 0 radical (unpaired) electrons. The van der Waals surface area contributed by atoms with Crippen molar-refractivity contribution in [2.45, 2.75) is 32.5 Å². The summed E-state index contributed by atoms with van der Waals surface area (Å²) >= 11 is 1.40. The molecule has 0 bridgehead atoms. The Balaban J connectivity index is 1.31. The monoisotopic (exact) mass is 380 g/mol. The van der Waals surface area contributed by atoms with Gasteiger partial charge in [-0.2, -0.15) is 5.10 Å². The number of H-pyrrole nitrogens is 1. The highest BCUT2D eigenvalue weighted by Gasteiger charge is 2.25. The van der Waals surface area contributed by atoms with Gasteiger partial charge < -0.3 is 5.32 Å². The molecule has 0 unspecified atom stereocenters. The average molecular weight is 380 g/mol. The van der Waals surface area contributed by atoms with Gasteiger partial charge in [0.15, 0.2) is 11.6 Å². The zero-order valence-electron chi connectivity index (χ0n) is 14.8. The van der Waals surface area contributed by atoms with E-state index in [1.165, 1.54) is 16.9 Å². The summed E-state index contributed by atoms with van der Waals surface area (Å²) in [4.78, 5) is 27.2. The third-order valence-corrected chi connectivity index (χ3v) is 5.51. The van der Waals surface area contributed by atoms with E-state index in [9.17, 15) is 9.59 Å². The number of rotatable bonds is 7. The normalized spacial score (nSPS) is 13.5. The largest absolute Gasteiger partial charge is 0.309 e. The van der Waals surface area contributed by atoms with Crippen molar-refractivity contribution in [3.05, 3.63) is 69.5 Å². The van der Waals surface area contributed by atoms with Gasteiger partial charge in [0.1, 0.15) is 0 Å². The van der Waals surface area contributed by atoms with Crippen LogP contribution in [0.2, 0.25) is 0 Å². The second-order valence-electron chi connectivity index (χ2n) is 6.61. The number of nitrogens with one attached hydrogen (secondary N) is 2. The molecule has 0 aliphatic carbocycles. The number of carbonyl (C=O) groups excluding carboxylic acids is 2. The van der Waals surface area contributed by atoms with Gasteiger partial charge in [0.2, 0.25) is 5.91 Å². The van der Waals surface area contributed by atoms with Crippen molar-refractivity contribution in [1.82, 2.24) is 15.1 Å². The molecule has 1 aromatic carbocycles. The standard InChI is InChI=1S/C20H20N4O2S/c25-17(18-7-4-10-27-18)8-9-19(26)21-20-15-12-24(13-16(15)22-23-20)11-14-5-2-1-3-6-14/h1-7,10H,8-9,11-13H2,(H2,21,22,23,26). The molecule has 3 aromatic rings. The number of fused-ring (bicyclic) bond motifs is 1. The van der Waals surface area contributed by atoms with Crippen LogP contribution in [0.4, 0.5) is 5.82 Å². The summed E-state index contributed by atoms with van der Waals surface area (Å²) in [7, 11) is 0. The number of carbonyl (C=O) groups is 2. The first kappa shape index (κ1) is 17.6. The van der Waals surface area contributed by atoms with E-state index in [1.807, 2.05) is 29.6 Å². The van der Waals surface area contributed by atoms with E-state index < -0.39 is 0 Å². The van der Waals surface area contributed by atoms with Crippen LogP contribution in [-0.4, -0.2) is 26.8 Å². The lowest BCUT2D eigenvalue weighted by atomic mass is 10.2. The first-order valence-electron chi connectivity index (χ1n) is 8.88. The van der Waals surface area contributed by atoms with Crippen LogP contribution in [0.15, 0.2) is 47.8 Å². The molecule has 4 rings (SSSR count). The summed E-state index contributed by atoms with van der Waals surface area (Å²) in [6.45, 7) is 2.38. The van der Waals surface area contributed by atoms with Gasteiger partial charge in [-0.15, -0.1) is 11.3 Å². The van der Waals surface area contributed by atoms with Gasteiger partial charge >= 0.3 is 0 Å². The summed E-state index contributed by atoms with van der Waals surface area (Å²) in [5.41, 5.74) is 3.33. The molecule has 0 spiro atoms. The lowest BCUT2D eigenvalue weighted by Crippen LogP contribution is -2.18. The van der Waals surface area contributed by atoms with Gasteiger partial charge in [0, 0.05) is 38.0 Å². The van der Waals surface area contributed by atoms with Gasteiger partial charge in [-0.1, -0.05) is 36.4 Å². The van der Waals surface area contributed by atoms with Gasteiger partial charge in [-0.25, -0.2) is 0 Å². The summed E-state index contributed by atoms with van der Waals surface area (Å²) < 4.78 is 0. The fraction of sp³-hybridized carbons (Fsp3) is 0.250. The Morgan fingerprint density at radius 2 is 1.96 bits per heavy atom. The maximum Gasteiger partial charge on any atom is 0.226 e. The molecule has 0 saturated carbocycles. The third-order valence-electron chi connectivity index (χ3n) is 4.60. The molecule has 2 aromatic heterocycles. The maximum absolute atomic E-state index is 12.2. The van der Waals surface area contributed by atoms with Crippen LogP contribution in [0.3, 0.4) is 0 Å². The van der Waals surface area contributed by atoms with E-state index in [4.69, 9.17) is 0 Å². The van der Waals surface area contributed by atoms with Crippen molar-refractivity contribution in [3.63, 3.8) is 0 Å². The first-order valence-corrected chi connectivity index (χ1v) is 9.76. The smallest absolute Gasteiger partial charge is 0.226 e. The van der Waals surface area contributed by atoms with Crippen molar-refractivity contribution in [2.24, 2.45) is 0 Å². The quantitative estimate of drug-likeness (QED) is 0.614. The van der Waals surface area contributed by atoms with E-state index in [-0.39, 0.29) is 24.5 Å². The SMILES string of the molecule is O=C(CCC(=O)c1cccs1)Nc1n[nH]c2c1CN(Cc1ccccc1)C2. The number of nitrogens with zero attached hydrogens (tertiary/aromatic N) is 2. The molecule has 0 atom stereocenters. The Morgan fingerprint density at radius 1 is 1.11 bits per heavy atom. The van der Waals surface area contributed by atoms with Crippen LogP contribution < -0.4 is 5.32 Å². The van der Waals surface area contributed by atoms with Gasteiger partial charge in [0.25, 0.3) is 0 Å². The fourth-order valence-electron chi connectivity index (χ4n) is 3.24. The molecular weight excluding hydrogens is 360 g/mol. The number of aromatic nitrogens is 2. The summed E-state index contributed by atoms with van der Waals surface area (Å²) in [6.07, 6.45) is 0.366. The van der Waals surface area contributed by atoms with Crippen molar-refractivity contribution < 1.29 is 9.59 Å². The molecule has 1 aliphatic heterocycles. The zero-order valence-corrected chi connectivity index (χ0v) is 15.6. The second kappa shape index (κ2) is 7.85. The Hall–Kier alpha value is -2.77. The van der Waals surface area contributed by atoms with E-state index in [2.05, 4.69) is 32.5 Å². The van der Waals surface area contributed by atoms with E-state index >= 15 is 0 Å². The van der Waals surface area contributed by atoms with E-state index in [1.54, 1.807) is 6.07 Å². The minimum Gasteiger partial charge on any atom is -0.309 e. The van der Waals surface area contributed by atoms with E-state index in [0.29, 0.717) is 10.7 Å². The Morgan fingerprint density at radius 3 is 2.74 bits per heavy atom. The number of amides is 1. The van der Waals surface area contributed by atoms with Crippen LogP contribution in [-0.2, 0) is 24.4 Å². The summed E-state index contributed by atoms with van der Waals surface area (Å²) in [5, 5.41) is 12.0. The lowest BCUT2D eigenvalue weighted by Gasteiger charge is -2.15. The van der Waals surface area contributed by atoms with Crippen LogP contribution in [0.1, 0.15) is 39.3 Å². The predicted octanol–water partition coefficient (Wildman–Crippen LogP) is 3.59. The molecule has 2 N–H and O–H groups in total. The number of benzene rings is 1. The molecule has 0 fully saturated rings. The molecule has 27 heavy (non-hydrogen) atoms. The molecule has 1 amide bonds. The van der Waals surface area contributed by atoms with Gasteiger partial charge in [0.05, 0.1) is 10.6 Å². The highest BCUT2D eigenvalue weighted by atomic mass is 32.1. The van der Waals surface area contributed by atoms with Crippen molar-refractivity contribution >= 4 is 28.8 Å². The minimum absolute atomic E-state index is 0.00134. The third kappa shape index (κ3) is 4.15. The highest BCUT2D eigenvalue weighted by Crippen LogP contribution is 2.28. The molecular formula is C20H20N4O2S. The van der Waals surface area contributed by atoms with Crippen LogP contribution in [0.25, 0.3) is 0 Å². The number of Topliss-reactive ketones (excluding diaryl/α,β-unsaturated/α-hetero) is 1. The fourth-order valence-corrected chi connectivity index (χ4v) is 3.94. The number of thiophene rings is 1. The Kier molecular flexibility index (Phi) is 5.13. The predicted molar refractivity (Wildman–Crippen MR) is 104 cm³/mol. The average Bonchev–Trinajstić information content (AvgIpc) is 3.40. The second-order valence-corrected chi connectivity index (χ2v) is 7.56. The first-order chi connectivity index (χ1) is 13.2. The van der Waals surface area contributed by atoms with Crippen molar-refractivity contribution in [1.29, 1.82) is 0 Å². The Labute approximate surface area is 161 Å². The highest BCUT2D eigenvalue weighted by molar-refractivity contribution is 7.12. The Bertz CT molecular complexity index is 934. The van der Waals surface area contributed by atoms with Crippen LogP contribution in [0.5, 0.6) is 0 Å². The lowest BCUT2D eigenvalue weighted by molar-refractivity contribution is -0.116. The zero-order chi connectivity index (χ0) is 18.6. The molecule has 1 aliphatic rings. The van der Waals surface area contributed by atoms with Crippen molar-refractivity contribution in [2.75, 3.05) is 5.32 Å². The summed E-state index contributed by atoms with van der Waals surface area (Å²) in [6, 6.07) is 13.9. The van der Waals surface area contributed by atoms with E-state index in [0.717, 1.165) is 30.9 Å². The molecule has 3 heterocycles. The van der Waals surface area contributed by atoms with Gasteiger partial charge in [-0.3, -0.25) is 19.6 Å². The number of aromatic amines is 1. The van der Waals surface area contributed by atoms with Gasteiger partial charge in [-0.05, 0) is 17.0 Å². The van der Waals surface area contributed by atoms with Crippen molar-refractivity contribution in [3.8, 4) is 0 Å². The topological polar surface area (TPSA) is 78.1 Å². The number of ketones is 1. The van der Waals surface area contributed by atoms with Crippen LogP contribution >= 0.6 is 11.3 Å². The summed E-state index contributed by atoms with van der Waals surface area (Å²) in [5.74, 6) is 0.395. The molecule has 6 nitrogen and oxygen atoms in total. The molecule has 138 valence electrons. The molecule has 0 saturated heterocycles. The number of hydrogen-bond acceptors (Lipinski definition) is 5. The number of anilines is 1. The minimum atomic E-state index is -0.185. The maximum atomic E-state index is 12.2. The molecule has 7 heteroatoms. The van der Waals surface area contributed by atoms with Crippen LogP contribution in [0, 0.1) is 0 Å². The number of hydrogen-bond donors (Lipinski definition) is 2.